The fraction of sp³-hybridized carbons (Fsp3) is 1.00. The predicted molar refractivity (Wildman–Crippen MR) is 51.5 cm³/mol. The summed E-state index contributed by atoms with van der Waals surface area (Å²) in [7, 11) is 2.28. The summed E-state index contributed by atoms with van der Waals surface area (Å²) in [4.78, 5) is 1.67. The molecule has 0 aromatic carbocycles. The third-order valence-electron chi connectivity index (χ3n) is 1.88. The molecule has 0 aromatic rings. The standard InChI is InChI=1S/C6H12INS.HI/c1-6(7)5-9-4-3-8(6)2;/h3-5H2,1-2H3;1H. The van der Waals surface area contributed by atoms with E-state index in [1.165, 1.54) is 18.1 Å². The molecule has 1 aliphatic rings. The van der Waals surface area contributed by atoms with Crippen molar-refractivity contribution >= 4 is 34.4 Å². The molecule has 0 amide bonds. The first-order valence-corrected chi connectivity index (χ1v) is 5.46. The molecule has 1 heterocycles. The quantitative estimate of drug-likeness (QED) is 0.273. The summed E-state index contributed by atoms with van der Waals surface area (Å²) in [6.07, 6.45) is 0. The Labute approximate surface area is 97.8 Å². The Kier molecular flexibility index (Phi) is 5.55. The van der Waals surface area contributed by atoms with Crippen molar-refractivity contribution in [3.8, 4) is 0 Å². The summed E-state index contributed by atoms with van der Waals surface area (Å²) in [6.45, 7) is 3.65. The Bertz CT molecular complexity index is 108. The summed E-state index contributed by atoms with van der Waals surface area (Å²) in [6, 6.07) is 0. The molecule has 1 rings (SSSR count). The summed E-state index contributed by atoms with van der Waals surface area (Å²) in [5.74, 6) is 2.64. The van der Waals surface area contributed by atoms with Crippen molar-refractivity contribution in [1.82, 2.24) is 0 Å². The molecule has 0 radical (unpaired) electrons. The highest BCUT2D eigenvalue weighted by Gasteiger charge is 2.32. The Morgan fingerprint density at radius 3 is 2.50 bits per heavy atom. The zero-order valence-corrected chi connectivity index (χ0v) is 11.4. The van der Waals surface area contributed by atoms with Gasteiger partial charge >= 0.3 is 0 Å². The van der Waals surface area contributed by atoms with Gasteiger partial charge in [-0.2, -0.15) is 0 Å². The number of thioether (sulfide) groups is 1. The van der Waals surface area contributed by atoms with E-state index in [1.807, 2.05) is 0 Å². The number of rotatable bonds is 0. The van der Waals surface area contributed by atoms with Gasteiger partial charge in [0.25, 0.3) is 0 Å². The topological polar surface area (TPSA) is 4.44 Å². The van der Waals surface area contributed by atoms with Crippen molar-refractivity contribution in [3.05, 3.63) is 0 Å². The SMILES string of the molecule is C[NH+]1CCSCC1(C)I.[I-]. The van der Waals surface area contributed by atoms with Crippen LogP contribution >= 0.6 is 34.4 Å². The predicted octanol–water partition coefficient (Wildman–Crippen LogP) is -2.60. The van der Waals surface area contributed by atoms with Crippen LogP contribution in [0.4, 0.5) is 0 Å². The van der Waals surface area contributed by atoms with Gasteiger partial charge in [-0.05, 0) is 22.6 Å². The second kappa shape index (κ2) is 4.71. The number of halogens is 2. The Morgan fingerprint density at radius 2 is 2.20 bits per heavy atom. The van der Waals surface area contributed by atoms with E-state index in [4.69, 9.17) is 0 Å². The van der Waals surface area contributed by atoms with Gasteiger partial charge in [-0.1, -0.05) is 0 Å². The first kappa shape index (κ1) is 11.8. The van der Waals surface area contributed by atoms with Gasteiger partial charge in [0.2, 0.25) is 0 Å². The third-order valence-corrected chi connectivity index (χ3v) is 4.98. The number of alkyl halides is 1. The second-order valence-corrected chi connectivity index (χ2v) is 6.27. The van der Waals surface area contributed by atoms with E-state index in [9.17, 15) is 0 Å². The number of hydrogen-bond acceptors (Lipinski definition) is 1. The van der Waals surface area contributed by atoms with Gasteiger partial charge in [-0.25, -0.2) is 0 Å². The zero-order valence-electron chi connectivity index (χ0n) is 6.29. The van der Waals surface area contributed by atoms with Gasteiger partial charge in [0.1, 0.15) is 0 Å². The maximum atomic E-state index is 2.56. The fourth-order valence-electron chi connectivity index (χ4n) is 0.873. The van der Waals surface area contributed by atoms with Gasteiger partial charge in [0, 0.05) is 12.7 Å². The summed E-state index contributed by atoms with van der Waals surface area (Å²) in [5, 5.41) is 0. The van der Waals surface area contributed by atoms with Crippen LogP contribution in [-0.2, 0) is 0 Å². The highest BCUT2D eigenvalue weighted by molar-refractivity contribution is 14.1. The van der Waals surface area contributed by atoms with Crippen LogP contribution in [0.3, 0.4) is 0 Å². The molecule has 0 saturated carbocycles. The van der Waals surface area contributed by atoms with E-state index < -0.39 is 0 Å². The average Bonchev–Trinajstić information content (AvgIpc) is 1.77. The summed E-state index contributed by atoms with van der Waals surface area (Å²) < 4.78 is 0.487. The summed E-state index contributed by atoms with van der Waals surface area (Å²) in [5.41, 5.74) is 0. The number of nitrogens with one attached hydrogen (secondary N) is 1. The maximum absolute atomic E-state index is 2.56. The van der Waals surface area contributed by atoms with Crippen LogP contribution < -0.4 is 28.9 Å². The number of hydrogen-bond donors (Lipinski definition) is 1. The molecule has 1 fully saturated rings. The molecule has 10 heavy (non-hydrogen) atoms. The highest BCUT2D eigenvalue weighted by Crippen LogP contribution is 2.19. The largest absolute Gasteiger partial charge is 1.00 e. The normalized spacial score (nSPS) is 40.5. The van der Waals surface area contributed by atoms with E-state index in [1.54, 1.807) is 4.90 Å². The molecule has 1 saturated heterocycles. The van der Waals surface area contributed by atoms with Crippen LogP contribution in [0.2, 0.25) is 0 Å². The van der Waals surface area contributed by atoms with Crippen molar-refractivity contribution in [1.29, 1.82) is 0 Å². The first-order valence-electron chi connectivity index (χ1n) is 3.22. The average molecular weight is 385 g/mol. The molecule has 1 nitrogen and oxygen atoms in total. The lowest BCUT2D eigenvalue weighted by Crippen LogP contribution is -3.17. The van der Waals surface area contributed by atoms with Crippen LogP contribution in [-0.4, -0.2) is 28.6 Å². The smallest absolute Gasteiger partial charge is 0.154 e. The lowest BCUT2D eigenvalue weighted by atomic mass is 10.3. The zero-order chi connectivity index (χ0) is 6.91. The molecule has 62 valence electrons. The van der Waals surface area contributed by atoms with Crippen molar-refractivity contribution in [3.63, 3.8) is 0 Å². The fourth-order valence-corrected chi connectivity index (χ4v) is 3.03. The second-order valence-electron chi connectivity index (χ2n) is 2.78. The molecular weight excluding hydrogens is 372 g/mol. The lowest BCUT2D eigenvalue weighted by Gasteiger charge is -2.33. The minimum absolute atomic E-state index is 0. The molecule has 0 spiro atoms. The molecule has 4 heteroatoms. The van der Waals surface area contributed by atoms with Crippen molar-refractivity contribution in [2.24, 2.45) is 0 Å². The molecule has 0 aromatic heterocycles. The minimum Gasteiger partial charge on any atom is -1.00 e. The van der Waals surface area contributed by atoms with E-state index in [0.29, 0.717) is 3.55 Å². The van der Waals surface area contributed by atoms with Crippen LogP contribution in [0.25, 0.3) is 0 Å². The Hall–Kier alpha value is 1.77. The van der Waals surface area contributed by atoms with Crippen molar-refractivity contribution in [2.75, 3.05) is 25.1 Å². The molecular formula is C6H13I2NS. The van der Waals surface area contributed by atoms with Gasteiger partial charge in [-0.3, -0.25) is 0 Å². The van der Waals surface area contributed by atoms with Gasteiger partial charge in [-0.15, -0.1) is 11.8 Å². The maximum Gasteiger partial charge on any atom is 0.154 e. The van der Waals surface area contributed by atoms with Crippen LogP contribution in [0.1, 0.15) is 6.92 Å². The van der Waals surface area contributed by atoms with E-state index >= 15 is 0 Å². The molecule has 2 atom stereocenters. The molecule has 0 aliphatic carbocycles. The number of quaternary nitrogens is 1. The lowest BCUT2D eigenvalue weighted by molar-refractivity contribution is -0.905. The summed E-state index contributed by atoms with van der Waals surface area (Å²) >= 11 is 4.64. The van der Waals surface area contributed by atoms with Crippen molar-refractivity contribution in [2.45, 2.75) is 10.5 Å². The van der Waals surface area contributed by atoms with Crippen LogP contribution in [0.5, 0.6) is 0 Å². The Balaban J connectivity index is 0.000000810. The highest BCUT2D eigenvalue weighted by atomic mass is 127. The van der Waals surface area contributed by atoms with E-state index in [2.05, 4.69) is 48.3 Å². The monoisotopic (exact) mass is 385 g/mol. The van der Waals surface area contributed by atoms with Crippen molar-refractivity contribution < 1.29 is 28.9 Å². The molecule has 2 unspecified atom stereocenters. The van der Waals surface area contributed by atoms with Crippen LogP contribution in [0.15, 0.2) is 0 Å². The van der Waals surface area contributed by atoms with Gasteiger partial charge in [0.15, 0.2) is 3.55 Å². The third kappa shape index (κ3) is 3.02. The van der Waals surface area contributed by atoms with Gasteiger partial charge in [0.05, 0.1) is 19.3 Å². The molecule has 1 N–H and O–H groups in total. The first-order chi connectivity index (χ1) is 4.13. The van der Waals surface area contributed by atoms with Crippen LogP contribution in [0, 0.1) is 0 Å². The van der Waals surface area contributed by atoms with Gasteiger partial charge < -0.3 is 28.9 Å². The Morgan fingerprint density at radius 1 is 1.60 bits per heavy atom. The minimum atomic E-state index is 0. The molecule has 1 aliphatic heterocycles. The van der Waals surface area contributed by atoms with E-state index in [-0.39, 0.29) is 24.0 Å². The van der Waals surface area contributed by atoms with E-state index in [0.717, 1.165) is 0 Å². The molecule has 0 bridgehead atoms.